The molecule has 0 amide bonds. The van der Waals surface area contributed by atoms with Crippen molar-refractivity contribution in [3.8, 4) is 11.4 Å². The standard InChI is InChI=1S/C22H22N8O2/c1-13-17(10-23-25-13)21(14-5-3-2-4-6-14)24-15-7-8-18-16(9-15)22(28-26-18)19-11-30(29-27-19)12-20(31)32/h5,7-11H,2-4,6,12H2,1H3,(H,23,25)(H,26,28)(H,31,32). The van der Waals surface area contributed by atoms with Crippen LogP contribution in [-0.4, -0.2) is 52.2 Å². The van der Waals surface area contributed by atoms with Gasteiger partial charge in [-0.15, -0.1) is 5.10 Å². The van der Waals surface area contributed by atoms with Gasteiger partial charge in [0.05, 0.1) is 29.3 Å². The number of aliphatic imine (C=N–C) groups is 1. The van der Waals surface area contributed by atoms with Crippen LogP contribution in [-0.2, 0) is 11.3 Å². The first kappa shape index (κ1) is 19.9. The number of nitrogens with zero attached hydrogens (tertiary/aromatic N) is 6. The van der Waals surface area contributed by atoms with Crippen molar-refractivity contribution in [1.82, 2.24) is 35.4 Å². The van der Waals surface area contributed by atoms with Gasteiger partial charge in [-0.1, -0.05) is 11.3 Å². The van der Waals surface area contributed by atoms with Crippen LogP contribution >= 0.6 is 0 Å². The Morgan fingerprint density at radius 1 is 1.28 bits per heavy atom. The van der Waals surface area contributed by atoms with Crippen molar-refractivity contribution in [2.24, 2.45) is 4.99 Å². The smallest absolute Gasteiger partial charge is 0.325 e. The van der Waals surface area contributed by atoms with Crippen LogP contribution in [0.25, 0.3) is 22.3 Å². The van der Waals surface area contributed by atoms with E-state index in [1.165, 1.54) is 16.7 Å². The van der Waals surface area contributed by atoms with Crippen LogP contribution in [0.3, 0.4) is 0 Å². The summed E-state index contributed by atoms with van der Waals surface area (Å²) in [6.45, 7) is 1.74. The number of nitrogens with one attached hydrogen (secondary N) is 2. The molecule has 162 valence electrons. The summed E-state index contributed by atoms with van der Waals surface area (Å²) in [5.41, 5.74) is 6.89. The van der Waals surface area contributed by atoms with E-state index >= 15 is 0 Å². The molecule has 0 bridgehead atoms. The predicted molar refractivity (Wildman–Crippen MR) is 119 cm³/mol. The monoisotopic (exact) mass is 430 g/mol. The minimum atomic E-state index is -0.982. The summed E-state index contributed by atoms with van der Waals surface area (Å²) >= 11 is 0. The molecule has 3 heterocycles. The van der Waals surface area contributed by atoms with E-state index in [0.29, 0.717) is 11.4 Å². The number of carbonyl (C=O) groups is 1. The van der Waals surface area contributed by atoms with Gasteiger partial charge in [-0.25, -0.2) is 9.67 Å². The molecule has 5 rings (SSSR count). The van der Waals surface area contributed by atoms with Gasteiger partial charge in [0.1, 0.15) is 17.9 Å². The summed E-state index contributed by atoms with van der Waals surface area (Å²) in [4.78, 5) is 16.0. The third-order valence-corrected chi connectivity index (χ3v) is 5.55. The predicted octanol–water partition coefficient (Wildman–Crippen LogP) is 3.56. The topological polar surface area (TPSA) is 138 Å². The fourth-order valence-corrected chi connectivity index (χ4v) is 3.97. The number of benzene rings is 1. The molecule has 0 unspecified atom stereocenters. The molecular weight excluding hydrogens is 408 g/mol. The molecule has 10 nitrogen and oxygen atoms in total. The lowest BCUT2D eigenvalue weighted by molar-refractivity contribution is -0.137. The number of hydrogen-bond acceptors (Lipinski definition) is 6. The van der Waals surface area contributed by atoms with E-state index < -0.39 is 5.97 Å². The Balaban J connectivity index is 1.57. The molecule has 1 aromatic carbocycles. The Hall–Kier alpha value is -4.08. The third-order valence-electron chi connectivity index (χ3n) is 5.55. The fourth-order valence-electron chi connectivity index (χ4n) is 3.97. The lowest BCUT2D eigenvalue weighted by Gasteiger charge is -2.15. The number of aliphatic carboxylic acids is 1. The van der Waals surface area contributed by atoms with Crippen molar-refractivity contribution in [2.45, 2.75) is 39.2 Å². The second-order valence-electron chi connectivity index (χ2n) is 7.84. The summed E-state index contributed by atoms with van der Waals surface area (Å²) in [7, 11) is 0. The van der Waals surface area contributed by atoms with Crippen LogP contribution in [0.4, 0.5) is 5.69 Å². The molecule has 1 aliphatic rings. The minimum Gasteiger partial charge on any atom is -0.480 e. The Morgan fingerprint density at radius 2 is 2.19 bits per heavy atom. The van der Waals surface area contributed by atoms with Crippen molar-refractivity contribution in [3.05, 3.63) is 53.5 Å². The normalized spacial score (nSPS) is 14.7. The van der Waals surface area contributed by atoms with Crippen molar-refractivity contribution >= 4 is 28.3 Å². The Bertz CT molecular complexity index is 1360. The van der Waals surface area contributed by atoms with Gasteiger partial charge in [-0.2, -0.15) is 10.2 Å². The average molecular weight is 430 g/mol. The van der Waals surface area contributed by atoms with Crippen molar-refractivity contribution in [1.29, 1.82) is 0 Å². The maximum Gasteiger partial charge on any atom is 0.325 e. The Labute approximate surface area is 183 Å². The number of fused-ring (bicyclic) bond motifs is 1. The SMILES string of the molecule is Cc1[nH]ncc1C(=Nc1ccc2[nH]nc(-c3cn(CC(=O)O)nn3)c2c1)C1=CCCCC1. The molecule has 3 N–H and O–H groups in total. The highest BCUT2D eigenvalue weighted by molar-refractivity contribution is 6.14. The maximum atomic E-state index is 10.9. The molecule has 0 saturated heterocycles. The molecule has 0 aliphatic heterocycles. The lowest BCUT2D eigenvalue weighted by Crippen LogP contribution is -2.08. The number of H-pyrrole nitrogens is 2. The van der Waals surface area contributed by atoms with Gasteiger partial charge in [-0.05, 0) is 56.4 Å². The molecule has 4 aromatic rings. The molecule has 0 radical (unpaired) electrons. The largest absolute Gasteiger partial charge is 0.480 e. The first-order chi connectivity index (χ1) is 15.6. The summed E-state index contributed by atoms with van der Waals surface area (Å²) < 4.78 is 1.27. The van der Waals surface area contributed by atoms with Gasteiger partial charge >= 0.3 is 5.97 Å². The molecule has 0 saturated carbocycles. The van der Waals surface area contributed by atoms with E-state index in [1.54, 1.807) is 6.20 Å². The molecule has 32 heavy (non-hydrogen) atoms. The first-order valence-corrected chi connectivity index (χ1v) is 10.5. The minimum absolute atomic E-state index is 0.257. The van der Waals surface area contributed by atoms with Crippen LogP contribution < -0.4 is 0 Å². The van der Waals surface area contributed by atoms with E-state index in [2.05, 4.69) is 36.8 Å². The molecular formula is C22H22N8O2. The van der Waals surface area contributed by atoms with Crippen LogP contribution in [0.1, 0.15) is 36.9 Å². The van der Waals surface area contributed by atoms with Gasteiger partial charge in [0.15, 0.2) is 0 Å². The Kier molecular flexibility index (Phi) is 5.10. The Morgan fingerprint density at radius 3 is 2.94 bits per heavy atom. The van der Waals surface area contributed by atoms with Gasteiger partial charge in [0, 0.05) is 16.6 Å². The summed E-state index contributed by atoms with van der Waals surface area (Å²) in [5.74, 6) is -0.982. The highest BCUT2D eigenvalue weighted by atomic mass is 16.4. The highest BCUT2D eigenvalue weighted by Gasteiger charge is 2.18. The molecule has 0 atom stereocenters. The zero-order chi connectivity index (χ0) is 22.1. The number of carboxylic acid groups (broad SMARTS) is 1. The molecule has 3 aromatic heterocycles. The van der Waals surface area contributed by atoms with Gasteiger partial charge in [-0.3, -0.25) is 15.0 Å². The fraction of sp³-hybridized carbons (Fsp3) is 0.273. The van der Waals surface area contributed by atoms with E-state index in [0.717, 1.165) is 52.8 Å². The van der Waals surface area contributed by atoms with E-state index in [9.17, 15) is 4.79 Å². The van der Waals surface area contributed by atoms with Crippen molar-refractivity contribution < 1.29 is 9.90 Å². The van der Waals surface area contributed by atoms with Crippen LogP contribution in [0, 0.1) is 6.92 Å². The highest BCUT2D eigenvalue weighted by Crippen LogP contribution is 2.30. The van der Waals surface area contributed by atoms with Crippen LogP contribution in [0.2, 0.25) is 0 Å². The molecule has 0 fully saturated rings. The molecule has 10 heteroatoms. The number of rotatable bonds is 6. The number of carboxylic acids is 1. The summed E-state index contributed by atoms with van der Waals surface area (Å²) in [6.07, 6.45) is 10.1. The second-order valence-corrected chi connectivity index (χ2v) is 7.84. The van der Waals surface area contributed by atoms with Crippen LogP contribution in [0.5, 0.6) is 0 Å². The zero-order valence-electron chi connectivity index (χ0n) is 17.5. The number of aromatic nitrogens is 7. The van der Waals surface area contributed by atoms with Crippen molar-refractivity contribution in [2.75, 3.05) is 0 Å². The summed E-state index contributed by atoms with van der Waals surface area (Å²) in [5, 5.41) is 32.4. The van der Waals surface area contributed by atoms with Crippen LogP contribution in [0.15, 0.2) is 47.2 Å². The van der Waals surface area contributed by atoms with Gasteiger partial charge in [0.2, 0.25) is 0 Å². The number of aromatic amines is 2. The van der Waals surface area contributed by atoms with Gasteiger partial charge < -0.3 is 5.11 Å². The first-order valence-electron chi connectivity index (χ1n) is 10.5. The quantitative estimate of drug-likeness (QED) is 0.400. The van der Waals surface area contributed by atoms with E-state index in [-0.39, 0.29) is 6.54 Å². The number of allylic oxidation sites excluding steroid dienone is 2. The second kappa shape index (κ2) is 8.22. The number of hydrogen-bond donors (Lipinski definition) is 3. The number of aryl methyl sites for hydroxylation is 1. The zero-order valence-corrected chi connectivity index (χ0v) is 17.5. The van der Waals surface area contributed by atoms with Gasteiger partial charge in [0.25, 0.3) is 0 Å². The van der Waals surface area contributed by atoms with E-state index in [1.807, 2.05) is 31.3 Å². The lowest BCUT2D eigenvalue weighted by atomic mass is 9.92. The van der Waals surface area contributed by atoms with Crippen molar-refractivity contribution in [3.63, 3.8) is 0 Å². The summed E-state index contributed by atoms with van der Waals surface area (Å²) in [6, 6.07) is 5.84. The third kappa shape index (κ3) is 3.82. The van der Waals surface area contributed by atoms with E-state index in [4.69, 9.17) is 10.1 Å². The maximum absolute atomic E-state index is 10.9. The molecule has 1 aliphatic carbocycles. The average Bonchev–Trinajstić information content (AvgIpc) is 3.52. The molecule has 0 spiro atoms.